The van der Waals surface area contributed by atoms with E-state index < -0.39 is 66.3 Å². The standard InChI is InChI=1S/C60H97N13O18/c1-68-24-25-70(41-53(79)80)26-27-71(42-54(81)82)30-33-73(43-55(83)84)46(40-68)38-44-14-16-45(17-15-44)39-49-65-58(62-22-35-91-37-36-90-34-20-52(77)78)67-59(66-49)72-31-28-69(29-32-72)23-11-7-5-3-2-4-6-8-13-50(74)61-21-10-9-12-47(56(85)86)63-60(89)64-48(57(87)88)18-19-51(75)76/h14-17,46-48H,2-13,18-43H2,1H3,(H,61,74)(H,75,76)(H,77,78)(H,79,80)(H,81,82)(H,83,84)(H,85,86)(H,87,88)(H2,63,64,89)(H,62,65,66,67)/t46?,47-,48-/m0/s1. The summed E-state index contributed by atoms with van der Waals surface area (Å²) in [5.74, 6) is -6.48. The van der Waals surface area contributed by atoms with Gasteiger partial charge in [-0.25, -0.2) is 14.4 Å². The maximum absolute atomic E-state index is 12.4. The van der Waals surface area contributed by atoms with Crippen LogP contribution in [0.15, 0.2) is 24.3 Å². The van der Waals surface area contributed by atoms with Crippen LogP contribution in [0.3, 0.4) is 0 Å². The van der Waals surface area contributed by atoms with Crippen molar-refractivity contribution in [3.05, 3.63) is 41.2 Å². The van der Waals surface area contributed by atoms with E-state index in [-0.39, 0.29) is 70.6 Å². The molecule has 31 heteroatoms. The first-order chi connectivity index (χ1) is 43.6. The Morgan fingerprint density at radius 1 is 0.527 bits per heavy atom. The highest BCUT2D eigenvalue weighted by atomic mass is 16.5. The van der Waals surface area contributed by atoms with Crippen LogP contribution in [0.4, 0.5) is 16.7 Å². The van der Waals surface area contributed by atoms with Crippen LogP contribution in [0.5, 0.6) is 0 Å². The minimum Gasteiger partial charge on any atom is -0.481 e. The molecule has 0 radical (unpaired) electrons. The van der Waals surface area contributed by atoms with Crippen molar-refractivity contribution in [3.8, 4) is 0 Å². The number of amides is 3. The number of hydrogen-bond acceptors (Lipinski definition) is 21. The zero-order chi connectivity index (χ0) is 66.3. The van der Waals surface area contributed by atoms with Gasteiger partial charge in [-0.1, -0.05) is 62.8 Å². The molecule has 11 N–H and O–H groups in total. The highest BCUT2D eigenvalue weighted by Crippen LogP contribution is 2.20. The number of ether oxygens (including phenoxy) is 2. The van der Waals surface area contributed by atoms with Crippen molar-refractivity contribution in [1.29, 1.82) is 0 Å². The largest absolute Gasteiger partial charge is 0.481 e. The Labute approximate surface area is 531 Å². The number of nitrogens with zero attached hydrogens (tertiary/aromatic N) is 9. The summed E-state index contributed by atoms with van der Waals surface area (Å²) < 4.78 is 11.0. The fourth-order valence-corrected chi connectivity index (χ4v) is 10.6. The smallest absolute Gasteiger partial charge is 0.326 e. The Balaban J connectivity index is 1.22. The summed E-state index contributed by atoms with van der Waals surface area (Å²) in [6.07, 6.45) is 9.44. The maximum Gasteiger partial charge on any atom is 0.326 e. The van der Waals surface area contributed by atoms with Crippen LogP contribution >= 0.6 is 0 Å². The first-order valence-electron chi connectivity index (χ1n) is 31.6. The molecule has 1 aromatic carbocycles. The lowest BCUT2D eigenvalue weighted by Gasteiger charge is -2.37. The molecule has 2 saturated heterocycles. The number of aliphatic carboxylic acids is 7. The number of benzene rings is 1. The van der Waals surface area contributed by atoms with Gasteiger partial charge in [0.05, 0.1) is 52.5 Å². The third-order valence-corrected chi connectivity index (χ3v) is 15.6. The Bertz CT molecular complexity index is 2570. The molecule has 2 fully saturated rings. The van der Waals surface area contributed by atoms with Gasteiger partial charge in [0.15, 0.2) is 0 Å². The molecule has 0 aliphatic carbocycles. The molecular formula is C60H97N13O18. The van der Waals surface area contributed by atoms with Gasteiger partial charge < -0.3 is 76.3 Å². The van der Waals surface area contributed by atoms with Crippen molar-refractivity contribution in [2.24, 2.45) is 0 Å². The fourth-order valence-electron chi connectivity index (χ4n) is 10.6. The van der Waals surface area contributed by atoms with E-state index in [4.69, 9.17) is 34.6 Å². The van der Waals surface area contributed by atoms with Gasteiger partial charge in [0.1, 0.15) is 17.9 Å². The first-order valence-corrected chi connectivity index (χ1v) is 31.6. The average Bonchev–Trinajstić information content (AvgIpc) is 1.29. The van der Waals surface area contributed by atoms with Crippen molar-refractivity contribution in [2.75, 3.05) is 155 Å². The molecule has 2 aliphatic heterocycles. The molecule has 4 rings (SSSR count). The molecule has 0 saturated carbocycles. The van der Waals surface area contributed by atoms with E-state index in [9.17, 15) is 68.7 Å². The molecule has 1 unspecified atom stereocenters. The molecule has 91 heavy (non-hydrogen) atoms. The van der Waals surface area contributed by atoms with E-state index >= 15 is 0 Å². The zero-order valence-corrected chi connectivity index (χ0v) is 52.6. The van der Waals surface area contributed by atoms with Gasteiger partial charge in [-0.3, -0.25) is 48.4 Å². The third kappa shape index (κ3) is 34.0. The summed E-state index contributed by atoms with van der Waals surface area (Å²) in [6.45, 7) is 7.84. The Morgan fingerprint density at radius 2 is 1.08 bits per heavy atom. The average molecular weight is 1290 g/mol. The molecule has 2 aromatic rings. The zero-order valence-electron chi connectivity index (χ0n) is 52.6. The van der Waals surface area contributed by atoms with Crippen LogP contribution in [-0.2, 0) is 60.7 Å². The number of likely N-dealkylation sites (N-methyl/N-ethyl adjacent to an activating group) is 1. The highest BCUT2D eigenvalue weighted by molar-refractivity contribution is 5.86. The molecular weight excluding hydrogens is 1190 g/mol. The van der Waals surface area contributed by atoms with Crippen LogP contribution in [0.1, 0.15) is 113 Å². The molecule has 1 aromatic heterocycles. The van der Waals surface area contributed by atoms with Gasteiger partial charge in [0, 0.05) is 110 Å². The summed E-state index contributed by atoms with van der Waals surface area (Å²) in [5.41, 5.74) is 1.92. The molecule has 3 amide bonds. The predicted octanol–water partition coefficient (Wildman–Crippen LogP) is 1.39. The normalized spacial score (nSPS) is 16.6. The number of carboxylic acids is 7. The predicted molar refractivity (Wildman–Crippen MR) is 332 cm³/mol. The highest BCUT2D eigenvalue weighted by Gasteiger charge is 2.28. The number of hydrogen-bond donors (Lipinski definition) is 11. The molecule has 31 nitrogen and oxygen atoms in total. The second-order valence-corrected chi connectivity index (χ2v) is 23.1. The van der Waals surface area contributed by atoms with Gasteiger partial charge in [-0.2, -0.15) is 15.0 Å². The number of unbranched alkanes of at least 4 members (excludes halogenated alkanes) is 8. The second kappa shape index (κ2) is 43.4. The third-order valence-electron chi connectivity index (χ3n) is 15.6. The second-order valence-electron chi connectivity index (χ2n) is 23.1. The Hall–Kier alpha value is -7.42. The van der Waals surface area contributed by atoms with Crippen molar-refractivity contribution >= 4 is 65.6 Å². The van der Waals surface area contributed by atoms with Crippen LogP contribution in [0.25, 0.3) is 0 Å². The molecule has 0 bridgehead atoms. The molecule has 2 aliphatic rings. The van der Waals surface area contributed by atoms with Crippen molar-refractivity contribution in [3.63, 3.8) is 0 Å². The van der Waals surface area contributed by atoms with Crippen LogP contribution in [0, 0.1) is 0 Å². The Kier molecular flexibility index (Phi) is 36.2. The van der Waals surface area contributed by atoms with Crippen LogP contribution in [-0.4, -0.2) is 292 Å². The number of rotatable bonds is 44. The summed E-state index contributed by atoms with van der Waals surface area (Å²) in [6, 6.07) is 3.96. The molecule has 3 heterocycles. The molecule has 510 valence electrons. The van der Waals surface area contributed by atoms with E-state index in [1.807, 2.05) is 36.2 Å². The van der Waals surface area contributed by atoms with Gasteiger partial charge in [0.25, 0.3) is 0 Å². The Morgan fingerprint density at radius 3 is 1.68 bits per heavy atom. The minimum absolute atomic E-state index is 0.0456. The number of piperazine rings is 1. The number of urea groups is 1. The monoisotopic (exact) mass is 1290 g/mol. The van der Waals surface area contributed by atoms with E-state index in [2.05, 4.69) is 36.0 Å². The van der Waals surface area contributed by atoms with E-state index in [1.165, 1.54) is 0 Å². The van der Waals surface area contributed by atoms with Crippen molar-refractivity contribution in [2.45, 2.75) is 127 Å². The number of carbonyl (C=O) groups excluding carboxylic acids is 2. The van der Waals surface area contributed by atoms with Gasteiger partial charge in [-0.05, 0) is 69.7 Å². The summed E-state index contributed by atoms with van der Waals surface area (Å²) in [5, 5.41) is 76.1. The SMILES string of the molecule is CN1CCN(CC(=O)O)CCN(CC(=O)O)CCN(CC(=O)O)C(Cc2ccc(Cc3nc(NCCOCCOCCC(=O)O)nc(N4CCN(CCCCCCCCCCC(=O)NCCCC[C@H](NC(=O)N[C@@H](CCC(=O)O)C(=O)O)C(=O)O)CC4)n3)cc2)C1. The topological polar surface area (TPSA) is 420 Å². The van der Waals surface area contributed by atoms with Crippen LogP contribution in [0.2, 0.25) is 0 Å². The number of nitrogens with one attached hydrogen (secondary N) is 4. The maximum atomic E-state index is 12.4. The summed E-state index contributed by atoms with van der Waals surface area (Å²) in [7, 11) is 1.93. The first kappa shape index (κ1) is 76.0. The number of carboxylic acid groups (broad SMARTS) is 7. The van der Waals surface area contributed by atoms with Gasteiger partial charge in [-0.15, -0.1) is 0 Å². The minimum atomic E-state index is -1.49. The van der Waals surface area contributed by atoms with Gasteiger partial charge >= 0.3 is 47.8 Å². The fraction of sp³-hybridized carbons (Fsp3) is 0.700. The van der Waals surface area contributed by atoms with Gasteiger partial charge in [0.2, 0.25) is 17.8 Å². The summed E-state index contributed by atoms with van der Waals surface area (Å²) >= 11 is 0. The van der Waals surface area contributed by atoms with E-state index in [1.54, 1.807) is 9.80 Å². The number of carbonyl (C=O) groups is 9. The van der Waals surface area contributed by atoms with Crippen molar-refractivity contribution in [1.82, 2.24) is 55.4 Å². The lowest BCUT2D eigenvalue weighted by atomic mass is 10.0. The van der Waals surface area contributed by atoms with Crippen molar-refractivity contribution < 1.29 is 88.4 Å². The molecule has 3 atom stereocenters. The quantitative estimate of drug-likeness (QED) is 0.0418. The lowest BCUT2D eigenvalue weighted by molar-refractivity contribution is -0.141. The number of anilines is 2. The van der Waals surface area contributed by atoms with Crippen LogP contribution < -0.4 is 26.2 Å². The number of aromatic nitrogens is 3. The van der Waals surface area contributed by atoms with E-state index in [0.717, 1.165) is 95.2 Å². The van der Waals surface area contributed by atoms with E-state index in [0.29, 0.717) is 115 Å². The summed E-state index contributed by atoms with van der Waals surface area (Å²) in [4.78, 5) is 132. The lowest BCUT2D eigenvalue weighted by Crippen LogP contribution is -2.52. The molecule has 0 spiro atoms.